The molecule has 0 aliphatic rings. The summed E-state index contributed by atoms with van der Waals surface area (Å²) in [6.07, 6.45) is 1.69. The molecule has 110 valence electrons. The molecule has 2 rings (SSSR count). The van der Waals surface area contributed by atoms with E-state index >= 15 is 0 Å². The molecule has 0 saturated carbocycles. The molecule has 5 nitrogen and oxygen atoms in total. The first-order valence-corrected chi connectivity index (χ1v) is 6.81. The number of rotatable bonds is 8. The van der Waals surface area contributed by atoms with Gasteiger partial charge in [-0.15, -0.1) is 0 Å². The third-order valence-corrected chi connectivity index (χ3v) is 2.85. The quantitative estimate of drug-likeness (QED) is 0.420. The number of non-ortho nitro benzene ring substituents is 1. The second-order valence-electron chi connectivity index (χ2n) is 4.47. The Morgan fingerprint density at radius 3 is 2.14 bits per heavy atom. The van der Waals surface area contributed by atoms with Crippen molar-refractivity contribution in [2.75, 3.05) is 13.2 Å². The molecule has 0 aromatic heterocycles. The van der Waals surface area contributed by atoms with E-state index in [0.717, 1.165) is 18.6 Å². The summed E-state index contributed by atoms with van der Waals surface area (Å²) < 4.78 is 11.1. The van der Waals surface area contributed by atoms with Crippen LogP contribution in [0.2, 0.25) is 0 Å². The Balaban J connectivity index is 1.64. The first-order chi connectivity index (χ1) is 10.3. The molecule has 0 fully saturated rings. The average Bonchev–Trinajstić information content (AvgIpc) is 2.52. The molecular weight excluding hydrogens is 270 g/mol. The van der Waals surface area contributed by atoms with Crippen molar-refractivity contribution in [2.24, 2.45) is 0 Å². The zero-order valence-electron chi connectivity index (χ0n) is 11.6. The predicted octanol–water partition coefficient (Wildman–Crippen LogP) is 3.83. The average molecular weight is 287 g/mol. The summed E-state index contributed by atoms with van der Waals surface area (Å²) in [5.74, 6) is 1.38. The molecule has 0 aliphatic carbocycles. The van der Waals surface area contributed by atoms with Gasteiger partial charge in [-0.2, -0.15) is 0 Å². The molecule has 0 aliphatic heterocycles. The monoisotopic (exact) mass is 287 g/mol. The molecule has 0 spiro atoms. The number of unbranched alkanes of at least 4 members (excludes halogenated alkanes) is 1. The topological polar surface area (TPSA) is 61.6 Å². The van der Waals surface area contributed by atoms with Crippen LogP contribution in [0.1, 0.15) is 12.8 Å². The number of nitro benzene ring substituents is 1. The fraction of sp³-hybridized carbons (Fsp3) is 0.250. The molecule has 0 bridgehead atoms. The van der Waals surface area contributed by atoms with E-state index in [0.29, 0.717) is 19.0 Å². The summed E-state index contributed by atoms with van der Waals surface area (Å²) in [7, 11) is 0. The van der Waals surface area contributed by atoms with E-state index in [9.17, 15) is 10.1 Å². The third-order valence-electron chi connectivity index (χ3n) is 2.85. The van der Waals surface area contributed by atoms with Gasteiger partial charge in [0.25, 0.3) is 5.69 Å². The van der Waals surface area contributed by atoms with E-state index < -0.39 is 4.92 Å². The maximum atomic E-state index is 10.6. The minimum absolute atomic E-state index is 0.0416. The number of ether oxygens (including phenoxy) is 2. The van der Waals surface area contributed by atoms with Crippen LogP contribution < -0.4 is 9.47 Å². The molecule has 5 heteroatoms. The van der Waals surface area contributed by atoms with E-state index in [1.54, 1.807) is 12.1 Å². The van der Waals surface area contributed by atoms with Crippen molar-refractivity contribution in [3.05, 3.63) is 64.7 Å². The lowest BCUT2D eigenvalue weighted by Crippen LogP contribution is -2.02. The normalized spacial score (nSPS) is 10.1. The smallest absolute Gasteiger partial charge is 0.273 e. The molecule has 21 heavy (non-hydrogen) atoms. The number of nitrogens with zero attached hydrogens (tertiary/aromatic N) is 1. The van der Waals surface area contributed by atoms with Crippen molar-refractivity contribution in [3.8, 4) is 11.5 Å². The second-order valence-corrected chi connectivity index (χ2v) is 4.47. The Hall–Kier alpha value is -2.56. The highest BCUT2D eigenvalue weighted by Crippen LogP contribution is 2.19. The van der Waals surface area contributed by atoms with Crippen LogP contribution in [0, 0.1) is 10.1 Å². The van der Waals surface area contributed by atoms with Gasteiger partial charge in [0.05, 0.1) is 24.2 Å². The number of benzene rings is 2. The predicted molar refractivity (Wildman–Crippen MR) is 79.8 cm³/mol. The largest absolute Gasteiger partial charge is 0.494 e. The van der Waals surface area contributed by atoms with E-state index in [2.05, 4.69) is 0 Å². The first-order valence-electron chi connectivity index (χ1n) is 6.81. The highest BCUT2D eigenvalue weighted by molar-refractivity contribution is 5.37. The van der Waals surface area contributed by atoms with E-state index in [1.807, 2.05) is 30.3 Å². The van der Waals surface area contributed by atoms with Crippen molar-refractivity contribution in [3.63, 3.8) is 0 Å². The summed E-state index contributed by atoms with van der Waals surface area (Å²) >= 11 is 0. The van der Waals surface area contributed by atoms with Crippen LogP contribution in [0.5, 0.6) is 11.5 Å². The Bertz CT molecular complexity index is 571. The van der Waals surface area contributed by atoms with Gasteiger partial charge in [-0.05, 0) is 31.0 Å². The molecule has 2 aromatic carbocycles. The van der Waals surface area contributed by atoms with Gasteiger partial charge in [0.15, 0.2) is 0 Å². The SMILES string of the molecule is O=[N+]([O-])c1cccc(OCCCCOc2ccccc2)c1. The van der Waals surface area contributed by atoms with Crippen LogP contribution in [0.4, 0.5) is 5.69 Å². The fourth-order valence-electron chi connectivity index (χ4n) is 1.79. The molecular formula is C16H17NO4. The Morgan fingerprint density at radius 2 is 1.48 bits per heavy atom. The van der Waals surface area contributed by atoms with Gasteiger partial charge in [0.2, 0.25) is 0 Å². The molecule has 0 heterocycles. The van der Waals surface area contributed by atoms with E-state index in [-0.39, 0.29) is 5.69 Å². The lowest BCUT2D eigenvalue weighted by molar-refractivity contribution is -0.384. The summed E-state index contributed by atoms with van der Waals surface area (Å²) in [6.45, 7) is 1.14. The van der Waals surface area contributed by atoms with Gasteiger partial charge >= 0.3 is 0 Å². The minimum atomic E-state index is -0.430. The number of nitro groups is 1. The van der Waals surface area contributed by atoms with Gasteiger partial charge in [-0.1, -0.05) is 24.3 Å². The van der Waals surface area contributed by atoms with Crippen LogP contribution >= 0.6 is 0 Å². The molecule has 0 unspecified atom stereocenters. The van der Waals surface area contributed by atoms with Gasteiger partial charge in [0.1, 0.15) is 11.5 Å². The lowest BCUT2D eigenvalue weighted by atomic mass is 10.3. The van der Waals surface area contributed by atoms with Crippen LogP contribution in [-0.2, 0) is 0 Å². The molecule has 0 radical (unpaired) electrons. The van der Waals surface area contributed by atoms with Gasteiger partial charge in [0, 0.05) is 6.07 Å². The lowest BCUT2D eigenvalue weighted by Gasteiger charge is -2.07. The van der Waals surface area contributed by atoms with Crippen molar-refractivity contribution < 1.29 is 14.4 Å². The standard InChI is InChI=1S/C16H17NO4/c18-17(19)14-7-6-10-16(13-14)21-12-5-4-11-20-15-8-2-1-3-9-15/h1-3,6-10,13H,4-5,11-12H2. The second kappa shape index (κ2) is 7.89. The van der Waals surface area contributed by atoms with Crippen LogP contribution in [0.25, 0.3) is 0 Å². The van der Waals surface area contributed by atoms with Crippen molar-refractivity contribution in [2.45, 2.75) is 12.8 Å². The minimum Gasteiger partial charge on any atom is -0.494 e. The number of hydrogen-bond donors (Lipinski definition) is 0. The van der Waals surface area contributed by atoms with Gasteiger partial charge in [-0.3, -0.25) is 10.1 Å². The number of hydrogen-bond acceptors (Lipinski definition) is 4. The maximum Gasteiger partial charge on any atom is 0.273 e. The number of para-hydroxylation sites is 1. The van der Waals surface area contributed by atoms with Crippen LogP contribution in [0.15, 0.2) is 54.6 Å². The molecule has 0 N–H and O–H groups in total. The fourth-order valence-corrected chi connectivity index (χ4v) is 1.79. The molecule has 0 saturated heterocycles. The summed E-state index contributed by atoms with van der Waals surface area (Å²) in [5.41, 5.74) is 0.0416. The summed E-state index contributed by atoms with van der Waals surface area (Å²) in [5, 5.41) is 10.6. The molecule has 0 amide bonds. The zero-order valence-corrected chi connectivity index (χ0v) is 11.6. The maximum absolute atomic E-state index is 10.6. The molecule has 2 aromatic rings. The first kappa shape index (κ1) is 14.8. The van der Waals surface area contributed by atoms with E-state index in [4.69, 9.17) is 9.47 Å². The van der Waals surface area contributed by atoms with Gasteiger partial charge in [-0.25, -0.2) is 0 Å². The van der Waals surface area contributed by atoms with Crippen LogP contribution in [0.3, 0.4) is 0 Å². The third kappa shape index (κ3) is 5.14. The van der Waals surface area contributed by atoms with Crippen LogP contribution in [-0.4, -0.2) is 18.1 Å². The Kier molecular flexibility index (Phi) is 5.58. The highest BCUT2D eigenvalue weighted by Gasteiger charge is 2.05. The summed E-state index contributed by atoms with van der Waals surface area (Å²) in [6, 6.07) is 15.8. The molecule has 0 atom stereocenters. The van der Waals surface area contributed by atoms with Crippen molar-refractivity contribution in [1.82, 2.24) is 0 Å². The van der Waals surface area contributed by atoms with Crippen molar-refractivity contribution >= 4 is 5.69 Å². The van der Waals surface area contributed by atoms with Crippen molar-refractivity contribution in [1.29, 1.82) is 0 Å². The van der Waals surface area contributed by atoms with Gasteiger partial charge < -0.3 is 9.47 Å². The Labute approximate surface area is 123 Å². The van der Waals surface area contributed by atoms with E-state index in [1.165, 1.54) is 12.1 Å². The summed E-state index contributed by atoms with van der Waals surface area (Å²) in [4.78, 5) is 10.2. The zero-order chi connectivity index (χ0) is 14.9. The highest BCUT2D eigenvalue weighted by atomic mass is 16.6. The Morgan fingerprint density at radius 1 is 0.857 bits per heavy atom.